The topological polar surface area (TPSA) is 35.5 Å². The molecular weight excluding hydrogens is 367 g/mol. The number of carbonyl (C=O) groups excluding carboxylic acids is 1. The molecule has 24 heavy (non-hydrogen) atoms. The van der Waals surface area contributed by atoms with Crippen molar-refractivity contribution >= 4 is 25.4 Å². The zero-order valence-electron chi connectivity index (χ0n) is 13.8. The van der Waals surface area contributed by atoms with Gasteiger partial charge in [-0.05, 0) is 0 Å². The van der Waals surface area contributed by atoms with Gasteiger partial charge < -0.3 is 0 Å². The molecule has 0 bridgehead atoms. The molecule has 0 amide bonds. The van der Waals surface area contributed by atoms with Crippen LogP contribution in [0.3, 0.4) is 0 Å². The number of rotatable bonds is 5. The van der Waals surface area contributed by atoms with Gasteiger partial charge in [-0.15, -0.1) is 0 Å². The normalized spacial score (nSPS) is 20.4. The molecule has 0 N–H and O–H groups in total. The third-order valence-corrected chi connectivity index (χ3v) is 7.17. The van der Waals surface area contributed by atoms with Gasteiger partial charge in [-0.2, -0.15) is 0 Å². The van der Waals surface area contributed by atoms with Crippen LogP contribution in [0.25, 0.3) is 0 Å². The van der Waals surface area contributed by atoms with Crippen LogP contribution >= 0.6 is 0 Å². The summed E-state index contributed by atoms with van der Waals surface area (Å²) >= 11 is 0.340. The Morgan fingerprint density at radius 1 is 1.00 bits per heavy atom. The second-order valence-corrected chi connectivity index (χ2v) is 8.68. The summed E-state index contributed by atoms with van der Waals surface area (Å²) in [7, 11) is 1.62. The first kappa shape index (κ1) is 17.1. The number of ether oxygens (including phenoxy) is 2. The predicted octanol–water partition coefficient (Wildman–Crippen LogP) is 3.61. The fourth-order valence-corrected chi connectivity index (χ4v) is 5.65. The minimum absolute atomic E-state index is 0.0357. The van der Waals surface area contributed by atoms with Gasteiger partial charge in [-0.1, -0.05) is 0 Å². The van der Waals surface area contributed by atoms with Crippen LogP contribution < -0.4 is 9.20 Å². The summed E-state index contributed by atoms with van der Waals surface area (Å²) in [6.07, 6.45) is 4.53. The molecule has 0 radical (unpaired) electrons. The molecule has 2 aromatic rings. The van der Waals surface area contributed by atoms with Gasteiger partial charge >= 0.3 is 149 Å². The number of methoxy groups -OCH3 is 1. The summed E-state index contributed by atoms with van der Waals surface area (Å²) in [4.78, 5) is 12.9. The monoisotopic (exact) mass is 390 g/mol. The number of esters is 1. The van der Waals surface area contributed by atoms with Gasteiger partial charge in [-0.3, -0.25) is 0 Å². The van der Waals surface area contributed by atoms with Crippen LogP contribution in [-0.2, 0) is 4.74 Å². The Labute approximate surface area is 149 Å². The fraction of sp³-hybridized carbons (Fsp3) is 0.350. The first-order valence-electron chi connectivity index (χ1n) is 8.33. The maximum atomic E-state index is 12.5. The molecule has 2 atom stereocenters. The first-order chi connectivity index (χ1) is 11.8. The average Bonchev–Trinajstić information content (AvgIpc) is 2.64. The SMILES string of the molecule is COc1ccc(C(=O)OC2CCCCC2[Se]c2ccccc2)cc1. The van der Waals surface area contributed by atoms with E-state index in [-0.39, 0.29) is 12.1 Å². The van der Waals surface area contributed by atoms with Gasteiger partial charge in [0.15, 0.2) is 0 Å². The third kappa shape index (κ3) is 4.40. The summed E-state index contributed by atoms with van der Waals surface area (Å²) in [5.41, 5.74) is 0.590. The van der Waals surface area contributed by atoms with Gasteiger partial charge in [-0.25, -0.2) is 0 Å². The second-order valence-electron chi connectivity index (χ2n) is 5.93. The molecule has 0 saturated heterocycles. The molecule has 1 fully saturated rings. The molecule has 3 nitrogen and oxygen atoms in total. The fourth-order valence-electron chi connectivity index (χ4n) is 2.94. The Kier molecular flexibility index (Phi) is 5.95. The molecule has 0 aliphatic heterocycles. The zero-order valence-corrected chi connectivity index (χ0v) is 15.5. The Bertz CT molecular complexity index is 654. The molecule has 2 aromatic carbocycles. The van der Waals surface area contributed by atoms with Crippen molar-refractivity contribution in [1.82, 2.24) is 0 Å². The Balaban J connectivity index is 1.65. The summed E-state index contributed by atoms with van der Waals surface area (Å²) in [6, 6.07) is 17.7. The van der Waals surface area contributed by atoms with Crippen molar-refractivity contribution in [3.05, 3.63) is 60.2 Å². The van der Waals surface area contributed by atoms with Crippen molar-refractivity contribution in [2.75, 3.05) is 7.11 Å². The molecule has 3 rings (SSSR count). The molecule has 1 saturated carbocycles. The second kappa shape index (κ2) is 8.36. The van der Waals surface area contributed by atoms with E-state index in [1.165, 1.54) is 10.9 Å². The van der Waals surface area contributed by atoms with E-state index in [1.54, 1.807) is 31.4 Å². The van der Waals surface area contributed by atoms with Crippen LogP contribution in [0.2, 0.25) is 4.82 Å². The van der Waals surface area contributed by atoms with E-state index in [9.17, 15) is 4.79 Å². The van der Waals surface area contributed by atoms with E-state index in [2.05, 4.69) is 24.3 Å². The van der Waals surface area contributed by atoms with Crippen molar-refractivity contribution in [1.29, 1.82) is 0 Å². The molecule has 1 aliphatic carbocycles. The number of carbonyl (C=O) groups is 1. The van der Waals surface area contributed by atoms with Crippen LogP contribution in [0.4, 0.5) is 0 Å². The van der Waals surface area contributed by atoms with Gasteiger partial charge in [0.1, 0.15) is 0 Å². The van der Waals surface area contributed by atoms with E-state index in [1.807, 2.05) is 6.07 Å². The van der Waals surface area contributed by atoms with Crippen LogP contribution in [0.1, 0.15) is 36.0 Å². The standard InChI is InChI=1S/C20H22O3Se/c1-22-16-13-11-15(12-14-16)20(21)23-18-9-5-6-10-19(18)24-17-7-3-2-4-8-17/h2-4,7-8,11-14,18-19H,5-6,9-10H2,1H3. The van der Waals surface area contributed by atoms with Gasteiger partial charge in [0.25, 0.3) is 0 Å². The predicted molar refractivity (Wildman–Crippen MR) is 96.2 cm³/mol. The maximum absolute atomic E-state index is 12.5. The summed E-state index contributed by atoms with van der Waals surface area (Å²) < 4.78 is 12.4. The number of hydrogen-bond donors (Lipinski definition) is 0. The van der Waals surface area contributed by atoms with Crippen molar-refractivity contribution in [3.8, 4) is 5.75 Å². The van der Waals surface area contributed by atoms with Gasteiger partial charge in [0.05, 0.1) is 0 Å². The Morgan fingerprint density at radius 2 is 1.71 bits per heavy atom. The Hall–Kier alpha value is -1.77. The van der Waals surface area contributed by atoms with Crippen molar-refractivity contribution in [2.24, 2.45) is 0 Å². The molecule has 0 spiro atoms. The first-order valence-corrected chi connectivity index (χ1v) is 10.2. The summed E-state index contributed by atoms with van der Waals surface area (Å²) in [5.74, 6) is 0.521. The third-order valence-electron chi connectivity index (χ3n) is 4.26. The Morgan fingerprint density at radius 3 is 2.42 bits per heavy atom. The molecule has 1 aliphatic rings. The van der Waals surface area contributed by atoms with E-state index >= 15 is 0 Å². The summed E-state index contributed by atoms with van der Waals surface area (Å²) in [5, 5.41) is 0. The molecule has 4 heteroatoms. The minimum atomic E-state index is -0.224. The quantitative estimate of drug-likeness (QED) is 0.579. The van der Waals surface area contributed by atoms with Crippen molar-refractivity contribution < 1.29 is 14.3 Å². The number of hydrogen-bond acceptors (Lipinski definition) is 3. The van der Waals surface area contributed by atoms with Gasteiger partial charge in [0.2, 0.25) is 0 Å². The molecule has 0 aromatic heterocycles. The zero-order chi connectivity index (χ0) is 16.8. The molecule has 126 valence electrons. The molecule has 0 heterocycles. The number of benzene rings is 2. The molecular formula is C20H22O3Se. The molecule has 2 unspecified atom stereocenters. The van der Waals surface area contributed by atoms with E-state index in [0.29, 0.717) is 25.3 Å². The van der Waals surface area contributed by atoms with Crippen LogP contribution in [-0.4, -0.2) is 34.1 Å². The van der Waals surface area contributed by atoms with Crippen LogP contribution in [0, 0.1) is 0 Å². The average molecular weight is 389 g/mol. The van der Waals surface area contributed by atoms with Crippen LogP contribution in [0.5, 0.6) is 5.75 Å². The van der Waals surface area contributed by atoms with E-state index in [4.69, 9.17) is 9.47 Å². The van der Waals surface area contributed by atoms with Gasteiger partial charge in [0, 0.05) is 0 Å². The van der Waals surface area contributed by atoms with Crippen molar-refractivity contribution in [2.45, 2.75) is 36.6 Å². The van der Waals surface area contributed by atoms with Crippen molar-refractivity contribution in [3.63, 3.8) is 0 Å². The van der Waals surface area contributed by atoms with Crippen LogP contribution in [0.15, 0.2) is 54.6 Å². The van der Waals surface area contributed by atoms with E-state index in [0.717, 1.165) is 25.0 Å². The van der Waals surface area contributed by atoms with E-state index < -0.39 is 0 Å². The summed E-state index contributed by atoms with van der Waals surface area (Å²) in [6.45, 7) is 0.